The number of aromatic nitrogens is 2. The summed E-state index contributed by atoms with van der Waals surface area (Å²) in [5, 5.41) is 4.01. The Morgan fingerprint density at radius 1 is 1.73 bits per heavy atom. The maximum Gasteiger partial charge on any atom is 1.00 e. The fourth-order valence-electron chi connectivity index (χ4n) is 0.775. The van der Waals surface area contributed by atoms with Crippen molar-refractivity contribution in [3.05, 3.63) is 11.8 Å². The molecule has 1 atom stereocenters. The standard InChI is InChI=1S/C5H8N2O2S.Na/c1-4-3-6-7(2)5(4)10(8)9;/h3H,1-2H3,(H,8,9);/q;+1/p-1. The summed E-state index contributed by atoms with van der Waals surface area (Å²) in [4.78, 5) is 0. The molecule has 0 aliphatic heterocycles. The van der Waals surface area contributed by atoms with Gasteiger partial charge in [-0.15, -0.1) is 0 Å². The summed E-state index contributed by atoms with van der Waals surface area (Å²) in [7, 11) is 1.60. The first kappa shape index (κ1) is 11.3. The Bertz CT molecular complexity index is 254. The number of hydrogen-bond donors (Lipinski definition) is 0. The zero-order valence-corrected chi connectivity index (χ0v) is 9.51. The second-order valence-electron chi connectivity index (χ2n) is 1.99. The molecule has 0 fully saturated rings. The van der Waals surface area contributed by atoms with E-state index < -0.39 is 11.1 Å². The van der Waals surface area contributed by atoms with Gasteiger partial charge in [0.05, 0.1) is 6.20 Å². The molecule has 1 unspecified atom stereocenters. The first-order valence-electron chi connectivity index (χ1n) is 2.71. The summed E-state index contributed by atoms with van der Waals surface area (Å²) in [5.74, 6) is 0. The SMILES string of the molecule is Cc1cnn(C)c1S(=O)[O-].[Na+]. The summed E-state index contributed by atoms with van der Waals surface area (Å²) in [6.07, 6.45) is 1.52. The van der Waals surface area contributed by atoms with E-state index in [-0.39, 0.29) is 34.6 Å². The van der Waals surface area contributed by atoms with Gasteiger partial charge in [-0.05, 0) is 18.0 Å². The third-order valence-corrected chi connectivity index (χ3v) is 2.12. The maximum atomic E-state index is 10.4. The molecule has 0 spiro atoms. The van der Waals surface area contributed by atoms with Gasteiger partial charge in [0.2, 0.25) is 0 Å². The Hall–Kier alpha value is 0.320. The van der Waals surface area contributed by atoms with Gasteiger partial charge in [-0.1, -0.05) is 0 Å². The molecule has 1 heterocycles. The van der Waals surface area contributed by atoms with Crippen LogP contribution in [-0.2, 0) is 18.1 Å². The number of nitrogens with zero attached hydrogens (tertiary/aromatic N) is 2. The van der Waals surface area contributed by atoms with Gasteiger partial charge in [-0.2, -0.15) is 5.10 Å². The van der Waals surface area contributed by atoms with Crippen molar-refractivity contribution >= 4 is 11.1 Å². The molecule has 0 radical (unpaired) electrons. The molecule has 56 valence electrons. The van der Waals surface area contributed by atoms with E-state index in [1.165, 1.54) is 10.9 Å². The fraction of sp³-hybridized carbons (Fsp3) is 0.400. The van der Waals surface area contributed by atoms with Gasteiger partial charge in [0.25, 0.3) is 0 Å². The van der Waals surface area contributed by atoms with Crippen molar-refractivity contribution in [3.63, 3.8) is 0 Å². The Kier molecular flexibility index (Phi) is 4.50. The maximum absolute atomic E-state index is 10.4. The van der Waals surface area contributed by atoms with Crippen LogP contribution in [-0.4, -0.2) is 18.5 Å². The predicted octanol–water partition coefficient (Wildman–Crippen LogP) is -3.03. The minimum atomic E-state index is -2.17. The molecule has 0 saturated heterocycles. The number of hydrogen-bond acceptors (Lipinski definition) is 3. The van der Waals surface area contributed by atoms with Gasteiger partial charge >= 0.3 is 29.6 Å². The molecule has 0 saturated carbocycles. The fourth-order valence-corrected chi connectivity index (χ4v) is 1.35. The Morgan fingerprint density at radius 2 is 2.27 bits per heavy atom. The molecule has 4 nitrogen and oxygen atoms in total. The van der Waals surface area contributed by atoms with Crippen molar-refractivity contribution < 1.29 is 38.3 Å². The molecule has 0 N–H and O–H groups in total. The molecule has 0 amide bonds. The Balaban J connectivity index is 0.000001000. The van der Waals surface area contributed by atoms with E-state index in [9.17, 15) is 8.76 Å². The molecule has 0 aliphatic carbocycles. The normalized spacial score (nSPS) is 12.3. The summed E-state index contributed by atoms with van der Waals surface area (Å²) in [5.41, 5.74) is 0.677. The van der Waals surface area contributed by atoms with Gasteiger partial charge in [0.15, 0.2) is 0 Å². The average molecular weight is 182 g/mol. The summed E-state index contributed by atoms with van der Waals surface area (Å²) in [6.45, 7) is 1.71. The van der Waals surface area contributed by atoms with Crippen molar-refractivity contribution in [2.45, 2.75) is 11.9 Å². The molecular weight excluding hydrogens is 175 g/mol. The van der Waals surface area contributed by atoms with E-state index in [1.807, 2.05) is 0 Å². The summed E-state index contributed by atoms with van der Waals surface area (Å²) in [6, 6.07) is 0. The molecule has 0 aromatic carbocycles. The van der Waals surface area contributed by atoms with Crippen LogP contribution in [0.1, 0.15) is 5.56 Å². The monoisotopic (exact) mass is 182 g/mol. The molecule has 0 bridgehead atoms. The minimum absolute atomic E-state index is 0. The Labute approximate surface area is 89.6 Å². The van der Waals surface area contributed by atoms with E-state index >= 15 is 0 Å². The topological polar surface area (TPSA) is 58.0 Å². The van der Waals surface area contributed by atoms with Crippen molar-refractivity contribution in [2.75, 3.05) is 0 Å². The zero-order chi connectivity index (χ0) is 7.72. The molecule has 6 heteroatoms. The summed E-state index contributed by atoms with van der Waals surface area (Å²) < 4.78 is 22.2. The molecule has 1 rings (SSSR count). The zero-order valence-electron chi connectivity index (χ0n) is 6.70. The minimum Gasteiger partial charge on any atom is -0.767 e. The van der Waals surface area contributed by atoms with Crippen molar-refractivity contribution in [1.82, 2.24) is 9.78 Å². The van der Waals surface area contributed by atoms with Crippen LogP contribution >= 0.6 is 0 Å². The first-order valence-corrected chi connectivity index (χ1v) is 3.78. The van der Waals surface area contributed by atoms with Crippen LogP contribution in [0.4, 0.5) is 0 Å². The van der Waals surface area contributed by atoms with Crippen molar-refractivity contribution in [1.29, 1.82) is 0 Å². The van der Waals surface area contributed by atoms with Gasteiger partial charge in [-0.25, -0.2) is 0 Å². The second-order valence-corrected chi connectivity index (χ2v) is 2.85. The second kappa shape index (κ2) is 4.37. The van der Waals surface area contributed by atoms with E-state index in [0.717, 1.165) is 0 Å². The van der Waals surface area contributed by atoms with Crippen LogP contribution in [0.15, 0.2) is 11.2 Å². The smallest absolute Gasteiger partial charge is 0.767 e. The van der Waals surface area contributed by atoms with Crippen LogP contribution in [0, 0.1) is 6.92 Å². The van der Waals surface area contributed by atoms with Gasteiger partial charge < -0.3 is 4.55 Å². The molecule has 1 aromatic rings. The Morgan fingerprint density at radius 3 is 2.45 bits per heavy atom. The number of aryl methyl sites for hydroxylation is 2. The average Bonchev–Trinajstić information content (AvgIpc) is 2.11. The van der Waals surface area contributed by atoms with Crippen molar-refractivity contribution in [3.8, 4) is 0 Å². The summed E-state index contributed by atoms with van der Waals surface area (Å²) >= 11 is -2.17. The largest absolute Gasteiger partial charge is 1.00 e. The van der Waals surface area contributed by atoms with Gasteiger partial charge in [-0.3, -0.25) is 8.89 Å². The third kappa shape index (κ3) is 2.38. The third-order valence-electron chi connectivity index (χ3n) is 1.21. The molecule has 0 aliphatic rings. The molecular formula is C5H7N2NaO2S. The van der Waals surface area contributed by atoms with Crippen LogP contribution in [0.2, 0.25) is 0 Å². The quantitative estimate of drug-likeness (QED) is 0.343. The van der Waals surface area contributed by atoms with Gasteiger partial charge in [0, 0.05) is 12.6 Å². The molecule has 11 heavy (non-hydrogen) atoms. The van der Waals surface area contributed by atoms with Crippen LogP contribution in [0.5, 0.6) is 0 Å². The van der Waals surface area contributed by atoms with E-state index in [0.29, 0.717) is 5.56 Å². The van der Waals surface area contributed by atoms with E-state index in [2.05, 4.69) is 5.10 Å². The van der Waals surface area contributed by atoms with Crippen LogP contribution in [0.3, 0.4) is 0 Å². The van der Waals surface area contributed by atoms with Gasteiger partial charge in [0.1, 0.15) is 5.03 Å². The van der Waals surface area contributed by atoms with E-state index in [4.69, 9.17) is 0 Å². The van der Waals surface area contributed by atoms with Crippen LogP contribution in [0.25, 0.3) is 0 Å². The molecule has 1 aromatic heterocycles. The van der Waals surface area contributed by atoms with Crippen LogP contribution < -0.4 is 29.6 Å². The van der Waals surface area contributed by atoms with E-state index in [1.54, 1.807) is 14.0 Å². The predicted molar refractivity (Wildman–Crippen MR) is 35.1 cm³/mol. The van der Waals surface area contributed by atoms with Crippen molar-refractivity contribution in [2.24, 2.45) is 7.05 Å². The first-order chi connectivity index (χ1) is 4.63. The number of rotatable bonds is 1.